The molecular weight excluding hydrogens is 240 g/mol. The molecule has 4 nitrogen and oxygen atoms in total. The maximum Gasteiger partial charge on any atom is 0.247 e. The fourth-order valence-electron chi connectivity index (χ4n) is 2.60. The van der Waals surface area contributed by atoms with Gasteiger partial charge >= 0.3 is 0 Å². The molecule has 1 aromatic rings. The molecule has 0 aromatic heterocycles. The van der Waals surface area contributed by atoms with Crippen molar-refractivity contribution in [2.24, 2.45) is 5.41 Å². The van der Waals surface area contributed by atoms with E-state index in [4.69, 9.17) is 4.74 Å². The van der Waals surface area contributed by atoms with Crippen molar-refractivity contribution >= 4 is 11.6 Å². The van der Waals surface area contributed by atoms with E-state index >= 15 is 0 Å². The SMILES string of the molecule is COc1ccc(N(C)C(=O)C2(C#N)CCCC2)cc1. The Morgan fingerprint density at radius 3 is 2.37 bits per heavy atom. The van der Waals surface area contributed by atoms with E-state index in [0.717, 1.165) is 24.3 Å². The molecule has 0 radical (unpaired) electrons. The normalized spacial score (nSPS) is 16.7. The van der Waals surface area contributed by atoms with E-state index in [2.05, 4.69) is 6.07 Å². The first kappa shape index (κ1) is 13.4. The van der Waals surface area contributed by atoms with Crippen LogP contribution in [0, 0.1) is 16.7 Å². The van der Waals surface area contributed by atoms with Crippen LogP contribution in [-0.2, 0) is 4.79 Å². The summed E-state index contributed by atoms with van der Waals surface area (Å²) in [5, 5.41) is 9.35. The highest BCUT2D eigenvalue weighted by atomic mass is 16.5. The summed E-state index contributed by atoms with van der Waals surface area (Å²) in [6.45, 7) is 0. The second-order valence-electron chi connectivity index (χ2n) is 4.96. The summed E-state index contributed by atoms with van der Waals surface area (Å²) in [4.78, 5) is 14.1. The number of hydrogen-bond donors (Lipinski definition) is 0. The van der Waals surface area contributed by atoms with Gasteiger partial charge in [0.25, 0.3) is 0 Å². The molecule has 1 fully saturated rings. The summed E-state index contributed by atoms with van der Waals surface area (Å²) in [7, 11) is 3.33. The molecule has 1 aliphatic carbocycles. The molecule has 1 saturated carbocycles. The Morgan fingerprint density at radius 2 is 1.89 bits per heavy atom. The predicted molar refractivity (Wildman–Crippen MR) is 72.9 cm³/mol. The Kier molecular flexibility index (Phi) is 3.75. The topological polar surface area (TPSA) is 53.3 Å². The maximum atomic E-state index is 12.5. The summed E-state index contributed by atoms with van der Waals surface area (Å²) in [6.07, 6.45) is 3.25. The molecule has 4 heteroatoms. The van der Waals surface area contributed by atoms with Gasteiger partial charge in [-0.1, -0.05) is 12.8 Å². The van der Waals surface area contributed by atoms with Crippen LogP contribution in [0.3, 0.4) is 0 Å². The Hall–Kier alpha value is -2.02. The molecule has 0 spiro atoms. The van der Waals surface area contributed by atoms with Crippen LogP contribution in [0.25, 0.3) is 0 Å². The van der Waals surface area contributed by atoms with Gasteiger partial charge in [0.15, 0.2) is 0 Å². The van der Waals surface area contributed by atoms with Crippen molar-refractivity contribution in [1.82, 2.24) is 0 Å². The Labute approximate surface area is 113 Å². The molecular formula is C15H18N2O2. The molecule has 2 rings (SSSR count). The molecule has 1 amide bonds. The zero-order chi connectivity index (χ0) is 13.9. The first-order valence-electron chi connectivity index (χ1n) is 6.46. The molecule has 0 bridgehead atoms. The van der Waals surface area contributed by atoms with Crippen molar-refractivity contribution < 1.29 is 9.53 Å². The van der Waals surface area contributed by atoms with E-state index in [-0.39, 0.29) is 5.91 Å². The molecule has 0 saturated heterocycles. The molecule has 100 valence electrons. The molecule has 0 N–H and O–H groups in total. The highest BCUT2D eigenvalue weighted by Crippen LogP contribution is 2.39. The number of rotatable bonds is 3. The Bertz CT molecular complexity index is 496. The Morgan fingerprint density at radius 1 is 1.32 bits per heavy atom. The van der Waals surface area contributed by atoms with Crippen LogP contribution in [0.4, 0.5) is 5.69 Å². The fraction of sp³-hybridized carbons (Fsp3) is 0.467. The van der Waals surface area contributed by atoms with Gasteiger partial charge in [0.2, 0.25) is 5.91 Å². The second-order valence-corrected chi connectivity index (χ2v) is 4.96. The van der Waals surface area contributed by atoms with Gasteiger partial charge in [0.05, 0.1) is 13.2 Å². The number of hydrogen-bond acceptors (Lipinski definition) is 3. The quantitative estimate of drug-likeness (QED) is 0.837. The highest BCUT2D eigenvalue weighted by Gasteiger charge is 2.43. The van der Waals surface area contributed by atoms with Crippen molar-refractivity contribution in [3.8, 4) is 11.8 Å². The lowest BCUT2D eigenvalue weighted by atomic mass is 9.86. The van der Waals surface area contributed by atoms with E-state index in [1.807, 2.05) is 24.3 Å². The van der Waals surface area contributed by atoms with E-state index < -0.39 is 5.41 Å². The van der Waals surface area contributed by atoms with Crippen LogP contribution in [0.5, 0.6) is 5.75 Å². The number of anilines is 1. The molecule has 0 heterocycles. The van der Waals surface area contributed by atoms with Crippen LogP contribution in [0.15, 0.2) is 24.3 Å². The summed E-state index contributed by atoms with van der Waals surface area (Å²) >= 11 is 0. The first-order valence-corrected chi connectivity index (χ1v) is 6.46. The number of carbonyl (C=O) groups is 1. The molecule has 0 unspecified atom stereocenters. The minimum absolute atomic E-state index is 0.0994. The maximum absolute atomic E-state index is 12.5. The monoisotopic (exact) mass is 258 g/mol. The Balaban J connectivity index is 2.20. The lowest BCUT2D eigenvalue weighted by molar-refractivity contribution is -0.124. The highest BCUT2D eigenvalue weighted by molar-refractivity contribution is 5.99. The number of amides is 1. The average Bonchev–Trinajstić information content (AvgIpc) is 2.96. The first-order chi connectivity index (χ1) is 9.13. The predicted octanol–water partition coefficient (Wildman–Crippen LogP) is 2.74. The zero-order valence-electron chi connectivity index (χ0n) is 11.3. The van der Waals surface area contributed by atoms with Gasteiger partial charge in [-0.2, -0.15) is 5.26 Å². The van der Waals surface area contributed by atoms with Crippen LogP contribution in [-0.4, -0.2) is 20.1 Å². The van der Waals surface area contributed by atoms with Gasteiger partial charge in [0, 0.05) is 12.7 Å². The number of ether oxygens (including phenoxy) is 1. The van der Waals surface area contributed by atoms with E-state index in [0.29, 0.717) is 12.8 Å². The van der Waals surface area contributed by atoms with Crippen molar-refractivity contribution in [3.63, 3.8) is 0 Å². The third kappa shape index (κ3) is 2.41. The van der Waals surface area contributed by atoms with E-state index in [1.54, 1.807) is 19.1 Å². The largest absolute Gasteiger partial charge is 0.497 e. The van der Waals surface area contributed by atoms with E-state index in [1.165, 1.54) is 0 Å². The van der Waals surface area contributed by atoms with Gasteiger partial charge in [-0.15, -0.1) is 0 Å². The third-order valence-corrected chi connectivity index (χ3v) is 3.84. The smallest absolute Gasteiger partial charge is 0.247 e. The van der Waals surface area contributed by atoms with Gasteiger partial charge in [0.1, 0.15) is 11.2 Å². The lowest BCUT2D eigenvalue weighted by Gasteiger charge is -2.26. The van der Waals surface area contributed by atoms with Crippen LogP contribution in [0.2, 0.25) is 0 Å². The minimum atomic E-state index is -0.825. The van der Waals surface area contributed by atoms with Gasteiger partial charge in [-0.3, -0.25) is 4.79 Å². The fourth-order valence-corrected chi connectivity index (χ4v) is 2.60. The van der Waals surface area contributed by atoms with Crippen molar-refractivity contribution in [2.75, 3.05) is 19.1 Å². The number of benzene rings is 1. The number of nitriles is 1. The molecule has 1 aliphatic rings. The minimum Gasteiger partial charge on any atom is -0.497 e. The number of carbonyl (C=O) groups excluding carboxylic acids is 1. The third-order valence-electron chi connectivity index (χ3n) is 3.84. The summed E-state index contributed by atoms with van der Waals surface area (Å²) in [5.41, 5.74) is -0.0402. The summed E-state index contributed by atoms with van der Waals surface area (Å²) in [6, 6.07) is 9.52. The van der Waals surface area contributed by atoms with E-state index in [9.17, 15) is 10.1 Å². The molecule has 19 heavy (non-hydrogen) atoms. The lowest BCUT2D eigenvalue weighted by Crippen LogP contribution is -2.39. The average molecular weight is 258 g/mol. The molecule has 1 aromatic carbocycles. The van der Waals surface area contributed by atoms with Crippen molar-refractivity contribution in [3.05, 3.63) is 24.3 Å². The van der Waals surface area contributed by atoms with Gasteiger partial charge < -0.3 is 9.64 Å². The molecule has 0 aliphatic heterocycles. The summed E-state index contributed by atoms with van der Waals surface area (Å²) < 4.78 is 5.09. The van der Waals surface area contributed by atoms with Crippen LogP contribution < -0.4 is 9.64 Å². The zero-order valence-corrected chi connectivity index (χ0v) is 11.3. The van der Waals surface area contributed by atoms with Crippen LogP contribution in [0.1, 0.15) is 25.7 Å². The van der Waals surface area contributed by atoms with Crippen molar-refractivity contribution in [2.45, 2.75) is 25.7 Å². The molecule has 0 atom stereocenters. The summed E-state index contributed by atoms with van der Waals surface area (Å²) in [5.74, 6) is 0.651. The number of methoxy groups -OCH3 is 1. The van der Waals surface area contributed by atoms with Crippen molar-refractivity contribution in [1.29, 1.82) is 5.26 Å². The van der Waals surface area contributed by atoms with Gasteiger partial charge in [-0.05, 0) is 37.1 Å². The van der Waals surface area contributed by atoms with Crippen LogP contribution >= 0.6 is 0 Å². The van der Waals surface area contributed by atoms with Gasteiger partial charge in [-0.25, -0.2) is 0 Å². The second kappa shape index (κ2) is 5.31. The standard InChI is InChI=1S/C15H18N2O2/c1-17(12-5-7-13(19-2)8-6-12)14(18)15(11-16)9-3-4-10-15/h5-8H,3-4,9-10H2,1-2H3. The number of nitrogens with zero attached hydrogens (tertiary/aromatic N) is 2.